The number of fused-ring (bicyclic) bond motifs is 1. The van der Waals surface area contributed by atoms with Gasteiger partial charge in [0.05, 0.1) is 0 Å². The van der Waals surface area contributed by atoms with Crippen LogP contribution in [0.4, 0.5) is 0 Å². The summed E-state index contributed by atoms with van der Waals surface area (Å²) in [5.41, 5.74) is 0. The second kappa shape index (κ2) is 4.24. The number of hydrogen-bond donors (Lipinski definition) is 0. The summed E-state index contributed by atoms with van der Waals surface area (Å²) in [4.78, 5) is 5.36. The molecule has 0 unspecified atom stereocenters. The molecule has 0 aliphatic rings. The van der Waals surface area contributed by atoms with Crippen molar-refractivity contribution in [2.75, 3.05) is 7.05 Å². The van der Waals surface area contributed by atoms with Crippen LogP contribution in [0.25, 0.3) is 10.1 Å². The number of benzene rings is 1. The maximum absolute atomic E-state index is 3.99. The first-order chi connectivity index (χ1) is 6.79. The zero-order chi connectivity index (χ0) is 9.97. The second-order valence-corrected chi connectivity index (χ2v) is 5.12. The second-order valence-electron chi connectivity index (χ2n) is 3.04. The Hall–Kier alpha value is -0.670. The van der Waals surface area contributed by atoms with Crippen LogP contribution in [-0.4, -0.2) is 13.3 Å². The molecule has 0 aliphatic heterocycles. The first-order valence-corrected chi connectivity index (χ1v) is 5.99. The summed E-state index contributed by atoms with van der Waals surface area (Å²) in [6.45, 7) is 0. The predicted octanol–water partition coefficient (Wildman–Crippen LogP) is 3.91. The van der Waals surface area contributed by atoms with Gasteiger partial charge in [-0.3, -0.25) is 0 Å². The highest BCUT2D eigenvalue weighted by Gasteiger charge is 2.00. The van der Waals surface area contributed by atoms with Crippen LogP contribution in [0.15, 0.2) is 33.7 Å². The molecule has 2 aromatic rings. The molecule has 3 heteroatoms. The van der Waals surface area contributed by atoms with Crippen molar-refractivity contribution in [1.82, 2.24) is 0 Å². The molecule has 14 heavy (non-hydrogen) atoms. The standard InChI is InChI=1S/C11H10BrNS/c1-13-5-4-10-7-8-6-9(12)2-3-11(8)14-10/h2-3,5-7H,4H2,1H3. The first-order valence-electron chi connectivity index (χ1n) is 4.38. The third-order valence-electron chi connectivity index (χ3n) is 2.00. The van der Waals surface area contributed by atoms with Crippen molar-refractivity contribution in [1.29, 1.82) is 0 Å². The van der Waals surface area contributed by atoms with Crippen LogP contribution in [0, 0.1) is 0 Å². The fraction of sp³-hybridized carbons (Fsp3) is 0.182. The summed E-state index contributed by atoms with van der Waals surface area (Å²) in [5.74, 6) is 0. The molecule has 0 saturated heterocycles. The third kappa shape index (κ3) is 2.04. The summed E-state index contributed by atoms with van der Waals surface area (Å²) >= 11 is 5.31. The summed E-state index contributed by atoms with van der Waals surface area (Å²) in [6, 6.07) is 8.61. The summed E-state index contributed by atoms with van der Waals surface area (Å²) in [7, 11) is 1.81. The molecule has 0 atom stereocenters. The van der Waals surface area contributed by atoms with Gasteiger partial charge in [0.25, 0.3) is 0 Å². The van der Waals surface area contributed by atoms with Crippen LogP contribution in [0.1, 0.15) is 4.88 Å². The molecule has 0 amide bonds. The first kappa shape index (κ1) is 9.87. The van der Waals surface area contributed by atoms with Gasteiger partial charge in [-0.1, -0.05) is 15.9 Å². The monoisotopic (exact) mass is 267 g/mol. The van der Waals surface area contributed by atoms with Crippen molar-refractivity contribution < 1.29 is 0 Å². The van der Waals surface area contributed by atoms with Crippen LogP contribution in [-0.2, 0) is 6.42 Å². The maximum Gasteiger partial charge on any atom is 0.0346 e. The van der Waals surface area contributed by atoms with E-state index in [9.17, 15) is 0 Å². The average molecular weight is 268 g/mol. The van der Waals surface area contributed by atoms with Gasteiger partial charge in [0.2, 0.25) is 0 Å². The Morgan fingerprint density at radius 3 is 3.07 bits per heavy atom. The van der Waals surface area contributed by atoms with Crippen LogP contribution in [0.2, 0.25) is 0 Å². The van der Waals surface area contributed by atoms with Gasteiger partial charge in [0.15, 0.2) is 0 Å². The van der Waals surface area contributed by atoms with E-state index in [0.717, 1.165) is 10.9 Å². The van der Waals surface area contributed by atoms with Gasteiger partial charge in [0.1, 0.15) is 0 Å². The lowest BCUT2D eigenvalue weighted by Crippen LogP contribution is -1.78. The molecule has 1 heterocycles. The highest BCUT2D eigenvalue weighted by atomic mass is 79.9. The van der Waals surface area contributed by atoms with Crippen molar-refractivity contribution in [2.24, 2.45) is 4.99 Å². The zero-order valence-electron chi connectivity index (χ0n) is 7.83. The van der Waals surface area contributed by atoms with Gasteiger partial charge in [-0.15, -0.1) is 11.3 Å². The lowest BCUT2D eigenvalue weighted by atomic mass is 10.2. The number of hydrogen-bond acceptors (Lipinski definition) is 2. The van der Waals surface area contributed by atoms with Gasteiger partial charge in [-0.05, 0) is 29.7 Å². The van der Waals surface area contributed by atoms with E-state index in [0.29, 0.717) is 0 Å². The molecular weight excluding hydrogens is 258 g/mol. The minimum Gasteiger partial charge on any atom is -0.300 e. The van der Waals surface area contributed by atoms with Gasteiger partial charge < -0.3 is 4.99 Å². The van der Waals surface area contributed by atoms with Gasteiger partial charge >= 0.3 is 0 Å². The Labute approximate surface area is 95.6 Å². The Morgan fingerprint density at radius 2 is 2.29 bits per heavy atom. The Morgan fingerprint density at radius 1 is 1.43 bits per heavy atom. The largest absolute Gasteiger partial charge is 0.300 e. The van der Waals surface area contributed by atoms with E-state index in [1.807, 2.05) is 24.6 Å². The zero-order valence-corrected chi connectivity index (χ0v) is 10.2. The number of aliphatic imine (C=N–C) groups is 1. The molecule has 0 bridgehead atoms. The third-order valence-corrected chi connectivity index (χ3v) is 3.64. The molecule has 0 N–H and O–H groups in total. The molecular formula is C11H10BrNS. The topological polar surface area (TPSA) is 12.4 Å². The minimum atomic E-state index is 0.938. The normalized spacial score (nSPS) is 11.6. The summed E-state index contributed by atoms with van der Waals surface area (Å²) in [5, 5.41) is 1.31. The highest BCUT2D eigenvalue weighted by molar-refractivity contribution is 9.10. The van der Waals surface area contributed by atoms with Gasteiger partial charge in [0, 0.05) is 33.7 Å². The summed E-state index contributed by atoms with van der Waals surface area (Å²) < 4.78 is 2.48. The average Bonchev–Trinajstić information content (AvgIpc) is 2.56. The molecule has 72 valence electrons. The van der Waals surface area contributed by atoms with Crippen molar-refractivity contribution in [3.05, 3.63) is 33.6 Å². The molecule has 1 aromatic heterocycles. The summed E-state index contributed by atoms with van der Waals surface area (Å²) in [6.07, 6.45) is 2.88. The van der Waals surface area contributed by atoms with Crippen molar-refractivity contribution in [2.45, 2.75) is 6.42 Å². The molecule has 1 aromatic carbocycles. The lowest BCUT2D eigenvalue weighted by molar-refractivity contribution is 1.38. The van der Waals surface area contributed by atoms with Crippen molar-refractivity contribution in [3.63, 3.8) is 0 Å². The van der Waals surface area contributed by atoms with Crippen LogP contribution >= 0.6 is 27.3 Å². The van der Waals surface area contributed by atoms with Crippen molar-refractivity contribution >= 4 is 43.6 Å². The minimum absolute atomic E-state index is 0.938. The van der Waals surface area contributed by atoms with E-state index >= 15 is 0 Å². The van der Waals surface area contributed by atoms with E-state index in [-0.39, 0.29) is 0 Å². The number of thiophene rings is 1. The van der Waals surface area contributed by atoms with Gasteiger partial charge in [-0.2, -0.15) is 0 Å². The molecule has 0 saturated carbocycles. The number of halogens is 1. The SMILES string of the molecule is CN=CCc1cc2cc(Br)ccc2s1. The lowest BCUT2D eigenvalue weighted by Gasteiger charge is -1.88. The fourth-order valence-corrected chi connectivity index (χ4v) is 2.73. The Kier molecular flexibility index (Phi) is 2.99. The quantitative estimate of drug-likeness (QED) is 0.732. The molecule has 0 fully saturated rings. The van der Waals surface area contributed by atoms with E-state index in [1.165, 1.54) is 15.0 Å². The van der Waals surface area contributed by atoms with E-state index < -0.39 is 0 Å². The van der Waals surface area contributed by atoms with E-state index in [1.54, 1.807) is 0 Å². The Balaban J connectivity index is 2.41. The van der Waals surface area contributed by atoms with Crippen molar-refractivity contribution in [3.8, 4) is 0 Å². The molecule has 2 rings (SSSR count). The van der Waals surface area contributed by atoms with Crippen LogP contribution in [0.3, 0.4) is 0 Å². The Bertz CT molecular complexity index is 473. The number of nitrogens with zero attached hydrogens (tertiary/aromatic N) is 1. The predicted molar refractivity (Wildman–Crippen MR) is 67.6 cm³/mol. The molecule has 0 spiro atoms. The number of rotatable bonds is 2. The van der Waals surface area contributed by atoms with E-state index in [2.05, 4.69) is 45.2 Å². The van der Waals surface area contributed by atoms with Crippen LogP contribution < -0.4 is 0 Å². The molecule has 0 aliphatic carbocycles. The molecule has 1 nitrogen and oxygen atoms in total. The smallest absolute Gasteiger partial charge is 0.0346 e. The van der Waals surface area contributed by atoms with E-state index in [4.69, 9.17) is 0 Å². The van der Waals surface area contributed by atoms with Gasteiger partial charge in [-0.25, -0.2) is 0 Å². The van der Waals surface area contributed by atoms with Crippen LogP contribution in [0.5, 0.6) is 0 Å². The fourth-order valence-electron chi connectivity index (χ4n) is 1.35. The molecule has 0 radical (unpaired) electrons. The highest BCUT2D eigenvalue weighted by Crippen LogP contribution is 2.28. The maximum atomic E-state index is 3.99.